The van der Waals surface area contributed by atoms with Crippen LogP contribution < -0.4 is 10.6 Å². The molecule has 0 saturated heterocycles. The van der Waals surface area contributed by atoms with Gasteiger partial charge in [0, 0.05) is 17.5 Å². The molecule has 2 N–H and O–H groups in total. The number of ether oxygens (including phenoxy) is 1. The quantitative estimate of drug-likeness (QED) is 0.398. The number of nitrogens with one attached hydrogen (secondary N) is 2. The molecule has 8 heteroatoms. The number of hydrogen-bond donors (Lipinski definition) is 3. The first kappa shape index (κ1) is 28.6. The van der Waals surface area contributed by atoms with E-state index in [1.54, 1.807) is 25.7 Å². The molecule has 2 aromatic rings. The second-order valence-electron chi connectivity index (χ2n) is 10.8. The lowest BCUT2D eigenvalue weighted by molar-refractivity contribution is -0.145. The number of alkyl carbamates (subject to hydrolysis) is 1. The maximum Gasteiger partial charge on any atom is 0.408 e. The van der Waals surface area contributed by atoms with Crippen molar-refractivity contribution in [1.29, 1.82) is 0 Å². The third-order valence-corrected chi connectivity index (χ3v) is 6.91. The summed E-state index contributed by atoms with van der Waals surface area (Å²) < 4.78 is 5.38. The molecule has 0 radical (unpaired) electrons. The van der Waals surface area contributed by atoms with E-state index in [9.17, 15) is 14.4 Å². The zero-order valence-electron chi connectivity index (χ0n) is 22.6. The number of benzene rings is 2. The summed E-state index contributed by atoms with van der Waals surface area (Å²) in [6, 6.07) is 11.5. The molecule has 0 spiro atoms. The van der Waals surface area contributed by atoms with Crippen LogP contribution in [0.15, 0.2) is 42.5 Å². The molecule has 0 aromatic heterocycles. The fourth-order valence-corrected chi connectivity index (χ4v) is 4.71. The van der Waals surface area contributed by atoms with Crippen LogP contribution in [0.1, 0.15) is 68.3 Å². The molecule has 1 saturated carbocycles. The molecular formula is C29H39N3O4S. The van der Waals surface area contributed by atoms with Crippen LogP contribution in [0.2, 0.25) is 0 Å². The predicted molar refractivity (Wildman–Crippen MR) is 150 cm³/mol. The fourth-order valence-electron chi connectivity index (χ4n) is 4.46. The molecule has 0 bridgehead atoms. The van der Waals surface area contributed by atoms with Gasteiger partial charge in [-0.15, -0.1) is 0 Å². The standard InChI is InChI=1S/C29H39N3O4S/c1-18-14-15-22(20(3)16-18)25(26(33)30-23-13-8-7-10-19(23)2)32(21-11-9-12-21)27(34)24(17-37)31-28(35)36-29(4,5)6/h7-8,10,13-16,21,24-25,37H,9,11-12,17H2,1-6H3,(H,30,33)(H,31,35). The number of anilines is 1. The predicted octanol–water partition coefficient (Wildman–Crippen LogP) is 5.50. The monoisotopic (exact) mass is 525 g/mol. The number of hydrogen-bond acceptors (Lipinski definition) is 5. The van der Waals surface area contributed by atoms with Gasteiger partial charge in [0.05, 0.1) is 0 Å². The van der Waals surface area contributed by atoms with Gasteiger partial charge in [-0.2, -0.15) is 12.6 Å². The van der Waals surface area contributed by atoms with Crippen molar-refractivity contribution in [1.82, 2.24) is 10.2 Å². The van der Waals surface area contributed by atoms with Crippen LogP contribution in [0.25, 0.3) is 0 Å². The number of carbonyl (C=O) groups is 3. The van der Waals surface area contributed by atoms with E-state index in [1.807, 2.05) is 63.2 Å². The highest BCUT2D eigenvalue weighted by Gasteiger charge is 2.42. The lowest BCUT2D eigenvalue weighted by atomic mass is 9.87. The Morgan fingerprint density at radius 3 is 2.27 bits per heavy atom. The van der Waals surface area contributed by atoms with Gasteiger partial charge in [0.2, 0.25) is 5.91 Å². The highest BCUT2D eigenvalue weighted by Crippen LogP contribution is 2.36. The van der Waals surface area contributed by atoms with Crippen molar-refractivity contribution < 1.29 is 19.1 Å². The van der Waals surface area contributed by atoms with Gasteiger partial charge in [0.25, 0.3) is 5.91 Å². The average molecular weight is 526 g/mol. The van der Waals surface area contributed by atoms with Crippen LogP contribution >= 0.6 is 12.6 Å². The Morgan fingerprint density at radius 2 is 1.73 bits per heavy atom. The van der Waals surface area contributed by atoms with E-state index in [2.05, 4.69) is 23.3 Å². The highest BCUT2D eigenvalue weighted by atomic mass is 32.1. The molecule has 200 valence electrons. The van der Waals surface area contributed by atoms with E-state index < -0.39 is 23.8 Å². The van der Waals surface area contributed by atoms with Crippen LogP contribution in [-0.4, -0.2) is 46.2 Å². The van der Waals surface area contributed by atoms with Crippen molar-refractivity contribution in [2.75, 3.05) is 11.1 Å². The first-order valence-corrected chi connectivity index (χ1v) is 13.4. The van der Waals surface area contributed by atoms with Crippen LogP contribution in [0.4, 0.5) is 10.5 Å². The number of thiol groups is 1. The summed E-state index contributed by atoms with van der Waals surface area (Å²) in [6.07, 6.45) is 1.85. The molecule has 3 amide bonds. The summed E-state index contributed by atoms with van der Waals surface area (Å²) in [7, 11) is 0. The van der Waals surface area contributed by atoms with E-state index >= 15 is 0 Å². The van der Waals surface area contributed by atoms with E-state index in [0.29, 0.717) is 5.69 Å². The molecular weight excluding hydrogens is 486 g/mol. The van der Waals surface area contributed by atoms with Crippen molar-refractivity contribution >= 4 is 36.2 Å². The fraction of sp³-hybridized carbons (Fsp3) is 0.483. The average Bonchev–Trinajstić information content (AvgIpc) is 2.77. The summed E-state index contributed by atoms with van der Waals surface area (Å²) >= 11 is 4.37. The Kier molecular flexibility index (Phi) is 9.29. The minimum absolute atomic E-state index is 0.0698. The van der Waals surface area contributed by atoms with Crippen molar-refractivity contribution in [3.63, 3.8) is 0 Å². The third kappa shape index (κ3) is 7.28. The second kappa shape index (κ2) is 12.0. The van der Waals surface area contributed by atoms with Gasteiger partial charge in [-0.3, -0.25) is 9.59 Å². The SMILES string of the molecule is Cc1ccc(C(C(=O)Nc2ccccc2C)N(C(=O)C(CS)NC(=O)OC(C)(C)C)C2CCC2)c(C)c1. The zero-order valence-corrected chi connectivity index (χ0v) is 23.5. The first-order chi connectivity index (χ1) is 17.4. The Labute approximate surface area is 225 Å². The van der Waals surface area contributed by atoms with Crippen molar-refractivity contribution in [2.45, 2.75) is 84.5 Å². The van der Waals surface area contributed by atoms with Crippen LogP contribution in [-0.2, 0) is 14.3 Å². The third-order valence-electron chi connectivity index (χ3n) is 6.54. The molecule has 1 aliphatic carbocycles. The van der Waals surface area contributed by atoms with E-state index in [0.717, 1.165) is 41.5 Å². The van der Waals surface area contributed by atoms with Crippen LogP contribution in [0.3, 0.4) is 0 Å². The lowest BCUT2D eigenvalue weighted by Gasteiger charge is -2.43. The minimum atomic E-state index is -0.946. The van der Waals surface area contributed by atoms with Crippen molar-refractivity contribution in [2.24, 2.45) is 0 Å². The smallest absolute Gasteiger partial charge is 0.408 e. The molecule has 1 fully saturated rings. The molecule has 0 aliphatic heterocycles. The number of nitrogens with zero attached hydrogens (tertiary/aromatic N) is 1. The molecule has 0 heterocycles. The molecule has 2 unspecified atom stereocenters. The number of aryl methyl sites for hydroxylation is 3. The topological polar surface area (TPSA) is 87.7 Å². The zero-order chi connectivity index (χ0) is 27.3. The van der Waals surface area contributed by atoms with Gasteiger partial charge < -0.3 is 20.3 Å². The molecule has 37 heavy (non-hydrogen) atoms. The Bertz CT molecular complexity index is 1140. The molecule has 2 atom stereocenters. The van der Waals surface area contributed by atoms with Crippen LogP contribution in [0, 0.1) is 20.8 Å². The second-order valence-corrected chi connectivity index (χ2v) is 11.1. The van der Waals surface area contributed by atoms with Gasteiger partial charge in [-0.25, -0.2) is 4.79 Å². The Hall–Kier alpha value is -3.00. The van der Waals surface area contributed by atoms with Gasteiger partial charge >= 0.3 is 6.09 Å². The van der Waals surface area contributed by atoms with Crippen LogP contribution in [0.5, 0.6) is 0 Å². The number of amides is 3. The summed E-state index contributed by atoms with van der Waals surface area (Å²) in [5.74, 6) is -0.576. The van der Waals surface area contributed by atoms with Crippen molar-refractivity contribution in [3.05, 3.63) is 64.7 Å². The highest BCUT2D eigenvalue weighted by molar-refractivity contribution is 7.80. The van der Waals surface area contributed by atoms with E-state index in [4.69, 9.17) is 4.74 Å². The van der Waals surface area contributed by atoms with Gasteiger partial charge in [-0.1, -0.05) is 42.0 Å². The van der Waals surface area contributed by atoms with Gasteiger partial charge in [-0.05, 0) is 83.6 Å². The summed E-state index contributed by atoms with van der Waals surface area (Å²) in [5, 5.41) is 5.73. The maximum atomic E-state index is 14.1. The molecule has 1 aliphatic rings. The Morgan fingerprint density at radius 1 is 1.05 bits per heavy atom. The van der Waals surface area contributed by atoms with E-state index in [-0.39, 0.29) is 23.6 Å². The first-order valence-electron chi connectivity index (χ1n) is 12.8. The lowest BCUT2D eigenvalue weighted by Crippen LogP contribution is -2.57. The van der Waals surface area contributed by atoms with Gasteiger partial charge in [0.15, 0.2) is 0 Å². The van der Waals surface area contributed by atoms with Crippen molar-refractivity contribution in [3.8, 4) is 0 Å². The normalized spacial score (nSPS) is 15.2. The minimum Gasteiger partial charge on any atom is -0.444 e. The molecule has 2 aromatic carbocycles. The number of para-hydroxylation sites is 1. The number of rotatable bonds is 8. The summed E-state index contributed by atoms with van der Waals surface area (Å²) in [4.78, 5) is 42.2. The molecule has 7 nitrogen and oxygen atoms in total. The largest absolute Gasteiger partial charge is 0.444 e. The van der Waals surface area contributed by atoms with E-state index in [1.165, 1.54) is 0 Å². The summed E-state index contributed by atoms with van der Waals surface area (Å²) in [5.41, 5.74) is 3.66. The Balaban J connectivity index is 2.02. The maximum absolute atomic E-state index is 14.1. The molecule has 3 rings (SSSR count). The number of carbonyl (C=O) groups excluding carboxylic acids is 3. The van der Waals surface area contributed by atoms with Gasteiger partial charge in [0.1, 0.15) is 17.7 Å². The summed E-state index contributed by atoms with van der Waals surface area (Å²) in [6.45, 7) is 11.2.